The van der Waals surface area contributed by atoms with Crippen molar-refractivity contribution in [2.24, 2.45) is 64.7 Å². The summed E-state index contributed by atoms with van der Waals surface area (Å²) in [6, 6.07) is 4.88. The van der Waals surface area contributed by atoms with Crippen molar-refractivity contribution in [3.8, 4) is 0 Å². The molecule has 0 spiro atoms. The highest BCUT2D eigenvalue weighted by atomic mass is 16.4. The van der Waals surface area contributed by atoms with Crippen LogP contribution in [0.25, 0.3) is 0 Å². The van der Waals surface area contributed by atoms with Crippen molar-refractivity contribution in [1.29, 1.82) is 0 Å². The average Bonchev–Trinajstić information content (AvgIpc) is 1.30. The SMILES string of the molecule is C=C(C(C)C)N1CC(C)NC(C)C1.C=C(C(C)C)N1CC(N(C)C)C1.C=C(C(C)C)N1CC(N)C1.C=C(C(C)C)N1CC(NC)C1.C=C(C(C)C)N1CCC(N)C1.C=C(C(C)C)N1CCC(NC)C1.C=C(C(C)C)N1CCCC1C(=O)O.C=C(C(C)C)N1CCNC(C)C1.C=C(C(C)C)N1CCNCC1C. The molecule has 0 radical (unpaired) electrons. The number of nitrogens with one attached hydrogen (secondary N) is 5. The summed E-state index contributed by atoms with van der Waals surface area (Å²) in [5.41, 5.74) is 22.5. The average molecular weight is 1490 g/mol. The minimum absolute atomic E-state index is 0.333. The summed E-state index contributed by atoms with van der Waals surface area (Å²) < 4.78 is 0. The molecule has 9 aliphatic rings. The third kappa shape index (κ3) is 35.4. The van der Waals surface area contributed by atoms with E-state index in [1.165, 1.54) is 58.5 Å². The van der Waals surface area contributed by atoms with Crippen molar-refractivity contribution in [3.05, 3.63) is 110 Å². The third-order valence-electron chi connectivity index (χ3n) is 22.2. The van der Waals surface area contributed by atoms with E-state index in [-0.39, 0.29) is 6.04 Å². The van der Waals surface area contributed by atoms with Crippen molar-refractivity contribution in [3.63, 3.8) is 0 Å². The van der Waals surface area contributed by atoms with E-state index in [9.17, 15) is 4.79 Å². The van der Waals surface area contributed by atoms with Crippen LogP contribution in [0.15, 0.2) is 110 Å². The van der Waals surface area contributed by atoms with Crippen LogP contribution in [0.2, 0.25) is 0 Å². The number of hydrogen-bond donors (Lipinski definition) is 8. The largest absolute Gasteiger partial charge is 0.480 e. The van der Waals surface area contributed by atoms with Gasteiger partial charge in [-0.1, -0.05) is 184 Å². The Kier molecular flexibility index (Phi) is 46.7. The maximum absolute atomic E-state index is 10.9. The summed E-state index contributed by atoms with van der Waals surface area (Å²) in [4.78, 5) is 33.9. The summed E-state index contributed by atoms with van der Waals surface area (Å²) >= 11 is 0. The van der Waals surface area contributed by atoms with Crippen molar-refractivity contribution in [1.82, 2.24) is 75.6 Å². The molecule has 9 saturated heterocycles. The van der Waals surface area contributed by atoms with E-state index < -0.39 is 5.97 Å². The molecule has 7 unspecified atom stereocenters. The number of carboxylic acid groups (broad SMARTS) is 1. The molecule has 9 fully saturated rings. The van der Waals surface area contributed by atoms with Gasteiger partial charge in [0.2, 0.25) is 0 Å². The van der Waals surface area contributed by atoms with Gasteiger partial charge in [0.25, 0.3) is 0 Å². The van der Waals surface area contributed by atoms with Gasteiger partial charge in [0, 0.05) is 230 Å². The highest BCUT2D eigenvalue weighted by molar-refractivity contribution is 5.74. The van der Waals surface area contributed by atoms with Gasteiger partial charge in [0.1, 0.15) is 6.04 Å². The molecule has 0 aromatic heterocycles. The van der Waals surface area contributed by atoms with Gasteiger partial charge in [-0.25, -0.2) is 4.79 Å². The fourth-order valence-electron chi connectivity index (χ4n) is 13.6. The number of piperazine rings is 3. The second-order valence-electron chi connectivity index (χ2n) is 34.7. The third-order valence-corrected chi connectivity index (χ3v) is 22.2. The molecule has 0 saturated carbocycles. The van der Waals surface area contributed by atoms with E-state index in [0.29, 0.717) is 102 Å². The minimum atomic E-state index is -0.723. The Balaban J connectivity index is 0.000000597. The number of likely N-dealkylation sites (N-methyl/N-ethyl adjacent to an activating group) is 3. The predicted octanol–water partition coefficient (Wildman–Crippen LogP) is 12.3. The van der Waals surface area contributed by atoms with Gasteiger partial charge in [0.15, 0.2) is 0 Å². The predicted molar refractivity (Wildman–Crippen MR) is 461 cm³/mol. The van der Waals surface area contributed by atoms with E-state index in [1.54, 1.807) is 0 Å². The molecule has 19 heteroatoms. The first-order valence-corrected chi connectivity index (χ1v) is 41.2. The van der Waals surface area contributed by atoms with Crippen molar-refractivity contribution in [2.45, 2.75) is 238 Å². The Labute approximate surface area is 654 Å². The Morgan fingerprint density at radius 3 is 1.11 bits per heavy atom. The van der Waals surface area contributed by atoms with Crippen LogP contribution in [0.4, 0.5) is 0 Å². The molecule has 0 amide bonds. The molecule has 9 heterocycles. The Morgan fingerprint density at radius 2 is 0.755 bits per heavy atom. The van der Waals surface area contributed by atoms with Gasteiger partial charge in [0.05, 0.1) is 0 Å². The maximum atomic E-state index is 10.9. The van der Waals surface area contributed by atoms with Gasteiger partial charge in [-0.05, 0) is 135 Å². The Hall–Kier alpha value is -4.99. The van der Waals surface area contributed by atoms with Gasteiger partial charge in [-0.3, -0.25) is 0 Å². The standard InChI is InChI=1S/C11H22N2.4C10H20N2.C10H17NO2.2C9H18N2.C8H16N2/c1-8(2)11(5)13-6-9(3)12-10(4)7-13;1-8(2)9(3)12-6-10(7-12)11(4)5;1-8(2)9(3)12-6-5-10(7-12)11-4;1-8(2)10(4)12-6-5-11-9(3)7-12;1-8(2)10(4)12-6-5-11-7-9(12)3;1-7(2)8(3)11-6-4-5-9(11)10(12)13;1-7(2)8(3)11-5-9(6-11)10-4;1-7(2)8(3)11-5-4-9(10)6-11;1-6(2)7(3)10-4-8(9)5-10/h8-10,12H,5-7H2,1-4H3;8,10H,3,6-7H2,1-2,4-5H3;8,10-11H,3,5-7H2,1-2,4H3;2*8-9,11H,4-7H2,1-3H3;7,9H,3-6H2,1-2H3,(H,12,13);7,9-10H,3,5-6H2,1-2,4H3;7,9H,3-6,10H2,1-2H3;6,8H,3-5,9H2,1-2H3. The number of nitrogens with two attached hydrogens (primary N) is 2. The van der Waals surface area contributed by atoms with E-state index in [2.05, 4.69) is 282 Å². The van der Waals surface area contributed by atoms with E-state index in [0.717, 1.165) is 149 Å². The van der Waals surface area contributed by atoms with Gasteiger partial charge in [-0.2, -0.15) is 0 Å². The molecule has 616 valence electrons. The van der Waals surface area contributed by atoms with Gasteiger partial charge in [-0.15, -0.1) is 0 Å². The number of carboxylic acids is 1. The number of allylic oxidation sites excluding steroid dienone is 9. The second-order valence-corrected chi connectivity index (χ2v) is 34.7. The number of carbonyl (C=O) groups is 1. The van der Waals surface area contributed by atoms with Crippen LogP contribution < -0.4 is 38.1 Å². The number of rotatable bonds is 22. The quantitative estimate of drug-likeness (QED) is 0.0512. The Morgan fingerprint density at radius 1 is 0.406 bits per heavy atom. The first-order chi connectivity index (χ1) is 49.3. The lowest BCUT2D eigenvalue weighted by atomic mass is 10.0. The zero-order valence-corrected chi connectivity index (χ0v) is 73.6. The topological polar surface area (TPSA) is 182 Å². The number of nitrogens with zero attached hydrogens (tertiary/aromatic N) is 10. The lowest BCUT2D eigenvalue weighted by Gasteiger charge is -2.46. The summed E-state index contributed by atoms with van der Waals surface area (Å²) in [7, 11) is 8.33. The van der Waals surface area contributed by atoms with Crippen LogP contribution in [0.5, 0.6) is 0 Å². The lowest BCUT2D eigenvalue weighted by molar-refractivity contribution is -0.141. The second kappa shape index (κ2) is 50.0. The molecule has 0 bridgehead atoms. The van der Waals surface area contributed by atoms with Crippen LogP contribution in [-0.4, -0.2) is 273 Å². The number of likely N-dealkylation sites (tertiary alicyclic amines) is 6. The minimum Gasteiger partial charge on any atom is -0.480 e. The molecule has 10 N–H and O–H groups in total. The van der Waals surface area contributed by atoms with Crippen molar-refractivity contribution < 1.29 is 9.90 Å². The monoisotopic (exact) mass is 1490 g/mol. The molecular weight excluding hydrogens is 1320 g/mol. The lowest BCUT2D eigenvalue weighted by Crippen LogP contribution is -2.56. The first kappa shape index (κ1) is 99.0. The zero-order chi connectivity index (χ0) is 81.3. The van der Waals surface area contributed by atoms with Crippen molar-refractivity contribution >= 4 is 5.97 Å². The van der Waals surface area contributed by atoms with Crippen LogP contribution in [-0.2, 0) is 4.79 Å². The highest BCUT2D eigenvalue weighted by Crippen LogP contribution is 2.28. The first-order valence-electron chi connectivity index (χ1n) is 41.2. The molecule has 106 heavy (non-hydrogen) atoms. The summed E-state index contributed by atoms with van der Waals surface area (Å²) in [5.74, 6) is 4.21. The molecule has 0 aliphatic carbocycles. The van der Waals surface area contributed by atoms with E-state index in [1.807, 2.05) is 32.8 Å². The zero-order valence-electron chi connectivity index (χ0n) is 73.6. The normalized spacial score (nSPS) is 23.1. The van der Waals surface area contributed by atoms with E-state index >= 15 is 0 Å². The molecule has 0 aromatic rings. The smallest absolute Gasteiger partial charge is 0.326 e. The maximum Gasteiger partial charge on any atom is 0.326 e. The van der Waals surface area contributed by atoms with Crippen LogP contribution in [0.1, 0.15) is 178 Å². The Bertz CT molecular complexity index is 2600. The van der Waals surface area contributed by atoms with Crippen LogP contribution in [0, 0.1) is 53.3 Å². The molecule has 9 rings (SSSR count). The van der Waals surface area contributed by atoms with Crippen LogP contribution >= 0.6 is 0 Å². The van der Waals surface area contributed by atoms with E-state index in [4.69, 9.17) is 16.6 Å². The number of hydrogen-bond acceptors (Lipinski definition) is 18. The fourth-order valence-corrected chi connectivity index (χ4v) is 13.6. The molecule has 19 nitrogen and oxygen atoms in total. The highest BCUT2D eigenvalue weighted by Gasteiger charge is 2.34. The summed E-state index contributed by atoms with van der Waals surface area (Å²) in [6.45, 7) is 105. The molecular formula is C87H171N17O2. The van der Waals surface area contributed by atoms with Gasteiger partial charge < -0.3 is 92.2 Å². The summed E-state index contributed by atoms with van der Waals surface area (Å²) in [6.07, 6.45) is 4.08. The fraction of sp³-hybridized carbons (Fsp3) is 0.782. The molecule has 7 atom stereocenters. The van der Waals surface area contributed by atoms with Gasteiger partial charge >= 0.3 is 5.97 Å². The summed E-state index contributed by atoms with van der Waals surface area (Å²) in [5, 5.41) is 25.8. The molecule has 0 aromatic carbocycles. The number of aliphatic carboxylic acids is 1. The molecule has 9 aliphatic heterocycles. The van der Waals surface area contributed by atoms with Crippen LogP contribution in [0.3, 0.4) is 0 Å². The van der Waals surface area contributed by atoms with Crippen molar-refractivity contribution in [2.75, 3.05) is 153 Å².